The van der Waals surface area contributed by atoms with Gasteiger partial charge in [0.05, 0.1) is 11.0 Å². The van der Waals surface area contributed by atoms with E-state index >= 15 is 0 Å². The average Bonchev–Trinajstić information content (AvgIpc) is 2.81. The van der Waals surface area contributed by atoms with Crippen molar-refractivity contribution >= 4 is 11.0 Å². The Hall–Kier alpha value is -1.75. The van der Waals surface area contributed by atoms with Crippen LogP contribution in [0.4, 0.5) is 0 Å². The number of rotatable bonds is 5. The van der Waals surface area contributed by atoms with E-state index in [4.69, 9.17) is 20.2 Å². The van der Waals surface area contributed by atoms with Gasteiger partial charge in [0.1, 0.15) is 19.0 Å². The minimum absolute atomic E-state index is 0.136. The molecule has 0 amide bonds. The molecule has 5 nitrogen and oxygen atoms in total. The van der Waals surface area contributed by atoms with E-state index in [0.717, 1.165) is 47.7 Å². The van der Waals surface area contributed by atoms with Gasteiger partial charge in [0.2, 0.25) is 0 Å². The molecule has 1 aliphatic heterocycles. The lowest BCUT2D eigenvalue weighted by atomic mass is 10.1. The molecular formula is C17H25N3O2. The van der Waals surface area contributed by atoms with Crippen molar-refractivity contribution < 1.29 is 9.47 Å². The molecule has 1 aliphatic rings. The van der Waals surface area contributed by atoms with E-state index in [1.54, 1.807) is 0 Å². The molecule has 1 aromatic heterocycles. The summed E-state index contributed by atoms with van der Waals surface area (Å²) in [4.78, 5) is 4.82. The summed E-state index contributed by atoms with van der Waals surface area (Å²) in [5, 5.41) is 0. The maximum atomic E-state index is 6.19. The van der Waals surface area contributed by atoms with Gasteiger partial charge < -0.3 is 19.8 Å². The summed E-state index contributed by atoms with van der Waals surface area (Å²) in [7, 11) is 0. The summed E-state index contributed by atoms with van der Waals surface area (Å²) in [6, 6.07) is 4.17. The first-order chi connectivity index (χ1) is 10.6. The molecule has 2 aromatic rings. The summed E-state index contributed by atoms with van der Waals surface area (Å²) in [5.74, 6) is 3.24. The second-order valence-corrected chi connectivity index (χ2v) is 6.39. The van der Waals surface area contributed by atoms with Crippen LogP contribution in [0, 0.1) is 5.92 Å². The van der Waals surface area contributed by atoms with E-state index in [-0.39, 0.29) is 6.04 Å². The van der Waals surface area contributed by atoms with Gasteiger partial charge in [-0.25, -0.2) is 4.98 Å². The summed E-state index contributed by atoms with van der Waals surface area (Å²) < 4.78 is 13.6. The Bertz CT molecular complexity index is 663. The number of aromatic nitrogens is 2. The fourth-order valence-electron chi connectivity index (χ4n) is 2.80. The summed E-state index contributed by atoms with van der Waals surface area (Å²) in [5.41, 5.74) is 8.24. The number of benzene rings is 1. The monoisotopic (exact) mass is 303 g/mol. The molecule has 5 heteroatoms. The van der Waals surface area contributed by atoms with Gasteiger partial charge in [-0.2, -0.15) is 0 Å². The molecule has 0 saturated heterocycles. The van der Waals surface area contributed by atoms with Crippen LogP contribution in [0.1, 0.15) is 33.0 Å². The number of fused-ring (bicyclic) bond motifs is 2. The molecule has 0 radical (unpaired) electrons. The van der Waals surface area contributed by atoms with Gasteiger partial charge in [-0.15, -0.1) is 0 Å². The zero-order chi connectivity index (χ0) is 15.7. The molecule has 2 heterocycles. The van der Waals surface area contributed by atoms with Crippen LogP contribution in [-0.2, 0) is 13.0 Å². The minimum Gasteiger partial charge on any atom is -0.486 e. The Labute approximate surface area is 131 Å². The predicted octanol–water partition coefficient (Wildman–Crippen LogP) is 2.74. The van der Waals surface area contributed by atoms with E-state index in [2.05, 4.69) is 25.3 Å². The molecule has 0 fully saturated rings. The molecule has 0 aliphatic carbocycles. The van der Waals surface area contributed by atoms with Gasteiger partial charge in [-0.05, 0) is 12.3 Å². The molecule has 0 spiro atoms. The van der Waals surface area contributed by atoms with Crippen molar-refractivity contribution in [3.63, 3.8) is 0 Å². The lowest BCUT2D eigenvalue weighted by Crippen LogP contribution is -2.26. The Morgan fingerprint density at radius 2 is 1.91 bits per heavy atom. The Morgan fingerprint density at radius 3 is 2.55 bits per heavy atom. The van der Waals surface area contributed by atoms with Crippen LogP contribution < -0.4 is 15.2 Å². The lowest BCUT2D eigenvalue weighted by molar-refractivity contribution is 0.172. The van der Waals surface area contributed by atoms with Crippen LogP contribution >= 0.6 is 0 Å². The zero-order valence-corrected chi connectivity index (χ0v) is 13.6. The SMILES string of the molecule is CCC(N)Cn1c(CC(C)C)nc2cc3c(cc21)OCCO3. The quantitative estimate of drug-likeness (QED) is 0.922. The van der Waals surface area contributed by atoms with Crippen LogP contribution in [0.15, 0.2) is 12.1 Å². The number of imidazole rings is 1. The van der Waals surface area contributed by atoms with E-state index in [9.17, 15) is 0 Å². The van der Waals surface area contributed by atoms with Gasteiger partial charge in [0, 0.05) is 31.1 Å². The maximum Gasteiger partial charge on any atom is 0.163 e. The second kappa shape index (κ2) is 6.16. The van der Waals surface area contributed by atoms with E-state index < -0.39 is 0 Å². The van der Waals surface area contributed by atoms with Gasteiger partial charge in [-0.3, -0.25) is 0 Å². The van der Waals surface area contributed by atoms with Gasteiger partial charge >= 0.3 is 0 Å². The van der Waals surface area contributed by atoms with Gasteiger partial charge in [-0.1, -0.05) is 20.8 Å². The van der Waals surface area contributed by atoms with Crippen LogP contribution in [0.25, 0.3) is 11.0 Å². The molecule has 1 atom stereocenters. The van der Waals surface area contributed by atoms with Crippen molar-refractivity contribution in [1.82, 2.24) is 9.55 Å². The molecule has 3 rings (SSSR count). The highest BCUT2D eigenvalue weighted by atomic mass is 16.6. The third-order valence-corrected chi connectivity index (χ3v) is 4.02. The Kier molecular flexibility index (Phi) is 4.25. The zero-order valence-electron chi connectivity index (χ0n) is 13.6. The first kappa shape index (κ1) is 15.2. The highest BCUT2D eigenvalue weighted by Crippen LogP contribution is 2.35. The third-order valence-electron chi connectivity index (χ3n) is 4.02. The number of hydrogen-bond donors (Lipinski definition) is 1. The molecule has 0 saturated carbocycles. The molecule has 0 bridgehead atoms. The van der Waals surface area contributed by atoms with E-state index in [1.165, 1.54) is 0 Å². The van der Waals surface area contributed by atoms with Crippen LogP contribution in [-0.4, -0.2) is 28.8 Å². The van der Waals surface area contributed by atoms with Crippen molar-refractivity contribution in [2.45, 2.75) is 46.2 Å². The number of ether oxygens (including phenoxy) is 2. The van der Waals surface area contributed by atoms with Gasteiger partial charge in [0.15, 0.2) is 11.5 Å². The number of hydrogen-bond acceptors (Lipinski definition) is 4. The standard InChI is InChI=1S/C17H25N3O2/c1-4-12(18)10-20-14-9-16-15(21-5-6-22-16)8-13(14)19-17(20)7-11(2)3/h8-9,11-12H,4-7,10,18H2,1-3H3. The van der Waals surface area contributed by atoms with E-state index in [1.807, 2.05) is 12.1 Å². The highest BCUT2D eigenvalue weighted by Gasteiger charge is 2.19. The topological polar surface area (TPSA) is 62.3 Å². The molecule has 2 N–H and O–H groups in total. The third kappa shape index (κ3) is 2.90. The van der Waals surface area contributed by atoms with Crippen molar-refractivity contribution in [3.05, 3.63) is 18.0 Å². The molecule has 1 unspecified atom stereocenters. The van der Waals surface area contributed by atoms with E-state index in [0.29, 0.717) is 19.1 Å². The van der Waals surface area contributed by atoms with Crippen LogP contribution in [0.5, 0.6) is 11.5 Å². The largest absolute Gasteiger partial charge is 0.486 e. The van der Waals surface area contributed by atoms with Crippen molar-refractivity contribution in [1.29, 1.82) is 0 Å². The second-order valence-electron chi connectivity index (χ2n) is 6.39. The predicted molar refractivity (Wildman–Crippen MR) is 87.5 cm³/mol. The lowest BCUT2D eigenvalue weighted by Gasteiger charge is -2.19. The molecule has 1 aromatic carbocycles. The summed E-state index contributed by atoms with van der Waals surface area (Å²) in [6.45, 7) is 8.51. The van der Waals surface area contributed by atoms with Gasteiger partial charge in [0.25, 0.3) is 0 Å². The van der Waals surface area contributed by atoms with Crippen molar-refractivity contribution in [2.24, 2.45) is 11.7 Å². The first-order valence-electron chi connectivity index (χ1n) is 8.12. The average molecular weight is 303 g/mol. The first-order valence-corrected chi connectivity index (χ1v) is 8.12. The van der Waals surface area contributed by atoms with Crippen molar-refractivity contribution in [3.8, 4) is 11.5 Å². The fourth-order valence-corrected chi connectivity index (χ4v) is 2.80. The fraction of sp³-hybridized carbons (Fsp3) is 0.588. The Balaban J connectivity index is 2.09. The molecule has 22 heavy (non-hydrogen) atoms. The van der Waals surface area contributed by atoms with Crippen LogP contribution in [0.3, 0.4) is 0 Å². The minimum atomic E-state index is 0.136. The molecule has 120 valence electrons. The summed E-state index contributed by atoms with van der Waals surface area (Å²) >= 11 is 0. The number of nitrogens with zero attached hydrogens (tertiary/aromatic N) is 2. The highest BCUT2D eigenvalue weighted by molar-refractivity contribution is 5.81. The number of nitrogens with two attached hydrogens (primary N) is 1. The molecular weight excluding hydrogens is 278 g/mol. The summed E-state index contributed by atoms with van der Waals surface area (Å²) in [6.07, 6.45) is 1.89. The van der Waals surface area contributed by atoms with Crippen LogP contribution in [0.2, 0.25) is 0 Å². The normalized spacial score (nSPS) is 15.5. The van der Waals surface area contributed by atoms with Crippen molar-refractivity contribution in [2.75, 3.05) is 13.2 Å². The Morgan fingerprint density at radius 1 is 1.23 bits per heavy atom. The maximum absolute atomic E-state index is 6.19. The smallest absolute Gasteiger partial charge is 0.163 e.